The van der Waals surface area contributed by atoms with Gasteiger partial charge in [0.1, 0.15) is 0 Å². The molecule has 3 heteroatoms. The van der Waals surface area contributed by atoms with Crippen LogP contribution in [0.25, 0.3) is 0 Å². The van der Waals surface area contributed by atoms with Crippen LogP contribution in [0.15, 0.2) is 30.9 Å². The van der Waals surface area contributed by atoms with Crippen LogP contribution in [0.4, 0.5) is 0 Å². The second-order valence-corrected chi connectivity index (χ2v) is 4.20. The van der Waals surface area contributed by atoms with Crippen molar-refractivity contribution < 1.29 is 0 Å². The van der Waals surface area contributed by atoms with Gasteiger partial charge in [-0.2, -0.15) is 0 Å². The molecular formula is C9H7BrCl2. The number of hydrogen-bond donors (Lipinski definition) is 0. The van der Waals surface area contributed by atoms with E-state index in [1.807, 2.05) is 12.1 Å². The fourth-order valence-corrected chi connectivity index (χ4v) is 1.68. The van der Waals surface area contributed by atoms with Gasteiger partial charge >= 0.3 is 0 Å². The molecule has 0 aliphatic rings. The maximum absolute atomic E-state index is 5.81. The molecule has 1 unspecified atom stereocenters. The predicted molar refractivity (Wildman–Crippen MR) is 58.3 cm³/mol. The zero-order chi connectivity index (χ0) is 9.14. The summed E-state index contributed by atoms with van der Waals surface area (Å²) in [4.78, 5) is 0.105. The van der Waals surface area contributed by atoms with Crippen molar-refractivity contribution in [2.75, 3.05) is 0 Å². The van der Waals surface area contributed by atoms with Gasteiger partial charge in [0, 0.05) is 10.0 Å². The Morgan fingerprint density at radius 1 is 1.25 bits per heavy atom. The summed E-state index contributed by atoms with van der Waals surface area (Å²) >= 11 is 15.0. The smallest absolute Gasteiger partial charge is 0.0573 e. The van der Waals surface area contributed by atoms with Crippen LogP contribution in [0.3, 0.4) is 0 Å². The molecule has 0 saturated carbocycles. The SMILES string of the molecule is C=CC(Br)c1cc(Cl)cc(Cl)c1. The molecule has 1 aromatic rings. The van der Waals surface area contributed by atoms with Gasteiger partial charge in [-0.25, -0.2) is 0 Å². The van der Waals surface area contributed by atoms with Crippen LogP contribution in [-0.2, 0) is 0 Å². The fraction of sp³-hybridized carbons (Fsp3) is 0.111. The number of hydrogen-bond acceptors (Lipinski definition) is 0. The zero-order valence-electron chi connectivity index (χ0n) is 6.23. The number of allylic oxidation sites excluding steroid dienone is 1. The highest BCUT2D eigenvalue weighted by Crippen LogP contribution is 2.28. The average Bonchev–Trinajstić information content (AvgIpc) is 2.01. The van der Waals surface area contributed by atoms with Crippen LogP contribution in [0.1, 0.15) is 10.4 Å². The molecule has 0 nitrogen and oxygen atoms in total. The number of alkyl halides is 1. The number of rotatable bonds is 2. The third-order valence-electron chi connectivity index (χ3n) is 1.41. The standard InChI is InChI=1S/C9H7BrCl2/c1-2-9(10)6-3-7(11)5-8(12)4-6/h2-5,9H,1H2. The van der Waals surface area contributed by atoms with E-state index < -0.39 is 0 Å². The molecule has 1 atom stereocenters. The molecule has 1 rings (SSSR count). The summed E-state index contributed by atoms with van der Waals surface area (Å²) < 4.78 is 0. The van der Waals surface area contributed by atoms with E-state index in [1.54, 1.807) is 12.1 Å². The molecule has 1 aromatic carbocycles. The molecular weight excluding hydrogens is 259 g/mol. The van der Waals surface area contributed by atoms with Gasteiger partial charge in [0.25, 0.3) is 0 Å². The molecule has 0 spiro atoms. The summed E-state index contributed by atoms with van der Waals surface area (Å²) in [5.41, 5.74) is 1.02. The van der Waals surface area contributed by atoms with Gasteiger partial charge in [0.15, 0.2) is 0 Å². The van der Waals surface area contributed by atoms with E-state index in [4.69, 9.17) is 23.2 Å². The first-order chi connectivity index (χ1) is 5.63. The normalized spacial score (nSPS) is 12.6. The Bertz CT molecular complexity index is 276. The molecule has 64 valence electrons. The van der Waals surface area contributed by atoms with E-state index in [0.717, 1.165) is 5.56 Å². The van der Waals surface area contributed by atoms with Crippen molar-refractivity contribution >= 4 is 39.1 Å². The van der Waals surface area contributed by atoms with Crippen molar-refractivity contribution in [2.24, 2.45) is 0 Å². The van der Waals surface area contributed by atoms with Crippen LogP contribution >= 0.6 is 39.1 Å². The molecule has 12 heavy (non-hydrogen) atoms. The van der Waals surface area contributed by atoms with E-state index in [-0.39, 0.29) is 4.83 Å². The van der Waals surface area contributed by atoms with Gasteiger partial charge in [-0.15, -0.1) is 6.58 Å². The quantitative estimate of drug-likeness (QED) is 0.541. The van der Waals surface area contributed by atoms with E-state index in [0.29, 0.717) is 10.0 Å². The average molecular weight is 266 g/mol. The lowest BCUT2D eigenvalue weighted by atomic mass is 10.1. The summed E-state index contributed by atoms with van der Waals surface area (Å²) in [6.45, 7) is 3.66. The minimum Gasteiger partial charge on any atom is -0.102 e. The Kier molecular flexibility index (Phi) is 3.63. The van der Waals surface area contributed by atoms with Crippen LogP contribution < -0.4 is 0 Å². The fourth-order valence-electron chi connectivity index (χ4n) is 0.870. The lowest BCUT2D eigenvalue weighted by Gasteiger charge is -2.05. The number of halogens is 3. The molecule has 0 aromatic heterocycles. The Labute approximate surface area is 90.3 Å². The van der Waals surface area contributed by atoms with Crippen LogP contribution in [0.5, 0.6) is 0 Å². The molecule has 0 saturated heterocycles. The molecule has 0 aliphatic carbocycles. The zero-order valence-corrected chi connectivity index (χ0v) is 9.33. The first kappa shape index (κ1) is 10.1. The molecule has 0 bridgehead atoms. The lowest BCUT2D eigenvalue weighted by molar-refractivity contribution is 1.26. The van der Waals surface area contributed by atoms with Crippen molar-refractivity contribution in [1.82, 2.24) is 0 Å². The highest BCUT2D eigenvalue weighted by molar-refractivity contribution is 9.09. The van der Waals surface area contributed by atoms with E-state index in [2.05, 4.69) is 22.5 Å². The largest absolute Gasteiger partial charge is 0.102 e. The Morgan fingerprint density at radius 2 is 1.75 bits per heavy atom. The van der Waals surface area contributed by atoms with Gasteiger partial charge < -0.3 is 0 Å². The van der Waals surface area contributed by atoms with Crippen molar-refractivity contribution in [3.63, 3.8) is 0 Å². The van der Waals surface area contributed by atoms with Gasteiger partial charge in [0.2, 0.25) is 0 Å². The molecule has 0 amide bonds. The third-order valence-corrected chi connectivity index (χ3v) is 2.75. The van der Waals surface area contributed by atoms with Crippen molar-refractivity contribution in [3.8, 4) is 0 Å². The minimum atomic E-state index is 0.105. The van der Waals surface area contributed by atoms with Gasteiger partial charge in [-0.3, -0.25) is 0 Å². The van der Waals surface area contributed by atoms with E-state index in [1.165, 1.54) is 0 Å². The second-order valence-electron chi connectivity index (χ2n) is 2.34. The Hall–Kier alpha value is 0.0200. The highest BCUT2D eigenvalue weighted by atomic mass is 79.9. The second kappa shape index (κ2) is 4.31. The molecule has 0 radical (unpaired) electrons. The summed E-state index contributed by atoms with van der Waals surface area (Å²) in [5, 5.41) is 1.28. The predicted octanol–water partition coefficient (Wildman–Crippen LogP) is 4.62. The van der Waals surface area contributed by atoms with Crippen LogP contribution in [0, 0.1) is 0 Å². The van der Waals surface area contributed by atoms with E-state index >= 15 is 0 Å². The van der Waals surface area contributed by atoms with E-state index in [9.17, 15) is 0 Å². The third kappa shape index (κ3) is 2.51. The summed E-state index contributed by atoms with van der Waals surface area (Å²) in [7, 11) is 0. The van der Waals surface area contributed by atoms with Gasteiger partial charge in [-0.05, 0) is 23.8 Å². The highest BCUT2D eigenvalue weighted by Gasteiger charge is 2.04. The van der Waals surface area contributed by atoms with Crippen LogP contribution in [-0.4, -0.2) is 0 Å². The Balaban J connectivity index is 3.08. The van der Waals surface area contributed by atoms with Gasteiger partial charge in [-0.1, -0.05) is 45.2 Å². The molecule has 0 aliphatic heterocycles. The first-order valence-corrected chi connectivity index (χ1v) is 5.03. The maximum atomic E-state index is 5.81. The monoisotopic (exact) mass is 264 g/mol. The summed E-state index contributed by atoms with van der Waals surface area (Å²) in [6.07, 6.45) is 1.78. The van der Waals surface area contributed by atoms with Gasteiger partial charge in [0.05, 0.1) is 4.83 Å². The molecule has 0 N–H and O–H groups in total. The lowest BCUT2D eigenvalue weighted by Crippen LogP contribution is -1.84. The van der Waals surface area contributed by atoms with Crippen LogP contribution in [0.2, 0.25) is 10.0 Å². The minimum absolute atomic E-state index is 0.105. The maximum Gasteiger partial charge on any atom is 0.0573 e. The first-order valence-electron chi connectivity index (χ1n) is 3.36. The molecule has 0 fully saturated rings. The van der Waals surface area contributed by atoms with Crippen molar-refractivity contribution in [2.45, 2.75) is 4.83 Å². The summed E-state index contributed by atoms with van der Waals surface area (Å²) in [6, 6.07) is 5.42. The molecule has 0 heterocycles. The van der Waals surface area contributed by atoms with Crippen molar-refractivity contribution in [1.29, 1.82) is 0 Å². The Morgan fingerprint density at radius 3 is 2.17 bits per heavy atom. The number of benzene rings is 1. The summed E-state index contributed by atoms with van der Waals surface area (Å²) in [5.74, 6) is 0. The van der Waals surface area contributed by atoms with Crippen molar-refractivity contribution in [3.05, 3.63) is 46.5 Å². The topological polar surface area (TPSA) is 0 Å².